The lowest BCUT2D eigenvalue weighted by atomic mass is 9.99. The molecule has 0 aliphatic carbocycles. The Morgan fingerprint density at radius 2 is 1.67 bits per heavy atom. The molecule has 1 nitrogen and oxygen atoms in total. The summed E-state index contributed by atoms with van der Waals surface area (Å²) >= 11 is 0. The van der Waals surface area contributed by atoms with Gasteiger partial charge in [-0.25, -0.2) is 4.39 Å². The van der Waals surface area contributed by atoms with Crippen LogP contribution in [-0.2, 0) is 0 Å². The highest BCUT2D eigenvalue weighted by molar-refractivity contribution is 5.64. The molecule has 0 radical (unpaired) electrons. The molecule has 0 saturated carbocycles. The molecule has 0 saturated heterocycles. The Bertz CT molecular complexity index is 575. The van der Waals surface area contributed by atoms with Crippen LogP contribution in [0.3, 0.4) is 0 Å². The Labute approximate surface area is 127 Å². The zero-order valence-corrected chi connectivity index (χ0v) is 13.1. The molecule has 0 fully saturated rings. The molecule has 0 aromatic heterocycles. The Balaban J connectivity index is 2.19. The van der Waals surface area contributed by atoms with Crippen LogP contribution in [0.5, 0.6) is 0 Å². The van der Waals surface area contributed by atoms with Gasteiger partial charge in [-0.15, -0.1) is 0 Å². The van der Waals surface area contributed by atoms with Gasteiger partial charge in [-0.3, -0.25) is 0 Å². The highest BCUT2D eigenvalue weighted by atomic mass is 19.1. The molecule has 0 heterocycles. The van der Waals surface area contributed by atoms with Crippen molar-refractivity contribution >= 4 is 0 Å². The van der Waals surface area contributed by atoms with Gasteiger partial charge in [0.25, 0.3) is 0 Å². The van der Waals surface area contributed by atoms with Gasteiger partial charge in [-0.2, -0.15) is 0 Å². The van der Waals surface area contributed by atoms with E-state index in [0.717, 1.165) is 30.5 Å². The Morgan fingerprint density at radius 1 is 1.00 bits per heavy atom. The van der Waals surface area contributed by atoms with Gasteiger partial charge in [-0.05, 0) is 54.6 Å². The maximum absolute atomic E-state index is 13.7. The van der Waals surface area contributed by atoms with Crippen LogP contribution in [0.1, 0.15) is 43.9 Å². The predicted octanol–water partition coefficient (Wildman–Crippen LogP) is 5.25. The largest absolute Gasteiger partial charge is 0.310 e. The lowest BCUT2D eigenvalue weighted by molar-refractivity contribution is 0.518. The van der Waals surface area contributed by atoms with Crippen LogP contribution >= 0.6 is 0 Å². The van der Waals surface area contributed by atoms with Crippen LogP contribution in [0, 0.1) is 12.7 Å². The van der Waals surface area contributed by atoms with Crippen molar-refractivity contribution in [1.82, 2.24) is 5.32 Å². The normalized spacial score (nSPS) is 12.4. The molecule has 0 amide bonds. The molecule has 2 aromatic carbocycles. The van der Waals surface area contributed by atoms with Crippen molar-refractivity contribution in [3.05, 3.63) is 59.4 Å². The first-order valence-electron chi connectivity index (χ1n) is 7.75. The summed E-state index contributed by atoms with van der Waals surface area (Å²) in [7, 11) is 0. The van der Waals surface area contributed by atoms with E-state index in [-0.39, 0.29) is 5.82 Å². The molecule has 0 bridgehead atoms. The smallest absolute Gasteiger partial charge is 0.126 e. The summed E-state index contributed by atoms with van der Waals surface area (Å²) in [6.45, 7) is 7.18. The van der Waals surface area contributed by atoms with E-state index in [0.29, 0.717) is 11.6 Å². The van der Waals surface area contributed by atoms with E-state index in [2.05, 4.69) is 43.4 Å². The molecule has 0 spiro atoms. The Kier molecular flexibility index (Phi) is 5.51. The van der Waals surface area contributed by atoms with Crippen LogP contribution in [0.4, 0.5) is 4.39 Å². The van der Waals surface area contributed by atoms with E-state index in [9.17, 15) is 4.39 Å². The number of halogens is 1. The lowest BCUT2D eigenvalue weighted by Gasteiger charge is -2.17. The quantitative estimate of drug-likeness (QED) is 0.764. The van der Waals surface area contributed by atoms with Gasteiger partial charge in [0, 0.05) is 6.04 Å². The van der Waals surface area contributed by atoms with Crippen LogP contribution < -0.4 is 5.32 Å². The third-order valence-corrected chi connectivity index (χ3v) is 3.87. The third-order valence-electron chi connectivity index (χ3n) is 3.87. The van der Waals surface area contributed by atoms with Gasteiger partial charge in [0.15, 0.2) is 0 Å². The van der Waals surface area contributed by atoms with E-state index in [1.165, 1.54) is 5.56 Å². The van der Waals surface area contributed by atoms with Crippen LogP contribution in [-0.4, -0.2) is 6.54 Å². The number of nitrogens with one attached hydrogen (secondary N) is 1. The van der Waals surface area contributed by atoms with Gasteiger partial charge in [0.2, 0.25) is 0 Å². The van der Waals surface area contributed by atoms with Crippen molar-refractivity contribution in [3.8, 4) is 11.1 Å². The zero-order chi connectivity index (χ0) is 15.2. The van der Waals surface area contributed by atoms with E-state index in [1.54, 1.807) is 13.0 Å². The molecule has 1 unspecified atom stereocenters. The molecule has 2 rings (SSSR count). The fourth-order valence-electron chi connectivity index (χ4n) is 2.50. The van der Waals surface area contributed by atoms with E-state index in [1.807, 2.05) is 12.1 Å². The van der Waals surface area contributed by atoms with Crippen molar-refractivity contribution in [1.29, 1.82) is 0 Å². The van der Waals surface area contributed by atoms with Crippen LogP contribution in [0.25, 0.3) is 11.1 Å². The molecule has 1 N–H and O–H groups in total. The number of benzene rings is 2. The molecule has 112 valence electrons. The average molecular weight is 285 g/mol. The first-order valence-corrected chi connectivity index (χ1v) is 7.75. The van der Waals surface area contributed by atoms with Crippen LogP contribution in [0.15, 0.2) is 42.5 Å². The standard InChI is InChI=1S/C19H24FN/c1-4-12-21-19(5-2)16-10-8-15(9-11-16)17-7-6-14(3)18(20)13-17/h6-11,13,19,21H,4-5,12H2,1-3H3. The molecule has 0 aliphatic rings. The SMILES string of the molecule is CCCNC(CC)c1ccc(-c2ccc(C)c(F)c2)cc1. The molecule has 21 heavy (non-hydrogen) atoms. The fraction of sp³-hybridized carbons (Fsp3) is 0.368. The lowest BCUT2D eigenvalue weighted by Crippen LogP contribution is -2.21. The monoisotopic (exact) mass is 285 g/mol. The van der Waals surface area contributed by atoms with Crippen molar-refractivity contribution in [2.24, 2.45) is 0 Å². The Hall–Kier alpha value is -1.67. The molecule has 1 atom stereocenters. The first-order chi connectivity index (χ1) is 10.2. The summed E-state index contributed by atoms with van der Waals surface area (Å²) < 4.78 is 13.7. The van der Waals surface area contributed by atoms with Crippen molar-refractivity contribution in [2.45, 2.75) is 39.7 Å². The topological polar surface area (TPSA) is 12.0 Å². The summed E-state index contributed by atoms with van der Waals surface area (Å²) in [5.74, 6) is -0.146. The van der Waals surface area contributed by atoms with E-state index >= 15 is 0 Å². The van der Waals surface area contributed by atoms with Crippen LogP contribution in [0.2, 0.25) is 0 Å². The Morgan fingerprint density at radius 3 is 2.24 bits per heavy atom. The first kappa shape index (κ1) is 15.7. The third kappa shape index (κ3) is 3.92. The minimum absolute atomic E-state index is 0.146. The summed E-state index contributed by atoms with van der Waals surface area (Å²) in [5.41, 5.74) is 3.97. The second kappa shape index (κ2) is 7.37. The molecular weight excluding hydrogens is 261 g/mol. The van der Waals surface area contributed by atoms with E-state index in [4.69, 9.17) is 0 Å². The van der Waals surface area contributed by atoms with Gasteiger partial charge in [0.1, 0.15) is 5.82 Å². The number of rotatable bonds is 6. The second-order valence-corrected chi connectivity index (χ2v) is 5.50. The molecular formula is C19H24FN. The van der Waals surface area contributed by atoms with Gasteiger partial charge in [0.05, 0.1) is 0 Å². The average Bonchev–Trinajstić information content (AvgIpc) is 2.51. The van der Waals surface area contributed by atoms with Gasteiger partial charge >= 0.3 is 0 Å². The highest BCUT2D eigenvalue weighted by Gasteiger charge is 2.08. The minimum atomic E-state index is -0.146. The second-order valence-electron chi connectivity index (χ2n) is 5.50. The summed E-state index contributed by atoms with van der Waals surface area (Å²) in [4.78, 5) is 0. The maximum Gasteiger partial charge on any atom is 0.126 e. The number of hydrogen-bond donors (Lipinski definition) is 1. The number of aryl methyl sites for hydroxylation is 1. The van der Waals surface area contributed by atoms with Gasteiger partial charge in [-0.1, -0.05) is 50.2 Å². The minimum Gasteiger partial charge on any atom is -0.310 e. The number of hydrogen-bond acceptors (Lipinski definition) is 1. The fourth-order valence-corrected chi connectivity index (χ4v) is 2.50. The highest BCUT2D eigenvalue weighted by Crippen LogP contribution is 2.24. The van der Waals surface area contributed by atoms with Gasteiger partial charge < -0.3 is 5.32 Å². The molecule has 2 heteroatoms. The summed E-state index contributed by atoms with van der Waals surface area (Å²) in [5, 5.41) is 3.55. The van der Waals surface area contributed by atoms with Crippen molar-refractivity contribution in [2.75, 3.05) is 6.54 Å². The molecule has 2 aromatic rings. The predicted molar refractivity (Wildman–Crippen MR) is 87.9 cm³/mol. The maximum atomic E-state index is 13.7. The van der Waals surface area contributed by atoms with Crippen molar-refractivity contribution in [3.63, 3.8) is 0 Å². The van der Waals surface area contributed by atoms with E-state index < -0.39 is 0 Å². The molecule has 0 aliphatic heterocycles. The summed E-state index contributed by atoms with van der Waals surface area (Å²) in [6.07, 6.45) is 2.20. The van der Waals surface area contributed by atoms with Crippen molar-refractivity contribution < 1.29 is 4.39 Å². The summed E-state index contributed by atoms with van der Waals surface area (Å²) in [6, 6.07) is 14.3. The zero-order valence-electron chi connectivity index (χ0n) is 13.1.